The van der Waals surface area contributed by atoms with Crippen molar-refractivity contribution in [2.45, 2.75) is 71.5 Å². The summed E-state index contributed by atoms with van der Waals surface area (Å²) >= 11 is -1.38. The lowest BCUT2D eigenvalue weighted by molar-refractivity contribution is -0.151. The first kappa shape index (κ1) is 21.0. The topological polar surface area (TPSA) is 61.7 Å². The molecule has 0 N–H and O–H groups in total. The number of hydrogen-bond donors (Lipinski definition) is 0. The third-order valence-electron chi connectivity index (χ3n) is 4.12. The molecule has 0 heterocycles. The van der Waals surface area contributed by atoms with Gasteiger partial charge in [0.1, 0.15) is 28.1 Å². The normalized spacial score (nSPS) is 24.3. The molecular formula is C19H31NO3S. The third-order valence-corrected chi connectivity index (χ3v) is 5.55. The van der Waals surface area contributed by atoms with Crippen LogP contribution in [0.4, 0.5) is 0 Å². The molecule has 4 nitrogen and oxygen atoms in total. The summed E-state index contributed by atoms with van der Waals surface area (Å²) in [6, 6.07) is 0. The van der Waals surface area contributed by atoms with Crippen molar-refractivity contribution >= 4 is 23.0 Å². The van der Waals surface area contributed by atoms with Gasteiger partial charge in [0.15, 0.2) is 0 Å². The minimum atomic E-state index is -1.38. The summed E-state index contributed by atoms with van der Waals surface area (Å²) in [5, 5.41) is 0. The van der Waals surface area contributed by atoms with Crippen molar-refractivity contribution in [1.29, 1.82) is 0 Å². The highest BCUT2D eigenvalue weighted by Gasteiger charge is 2.47. The van der Waals surface area contributed by atoms with Gasteiger partial charge in [0, 0.05) is 0 Å². The number of rotatable bonds is 6. The predicted molar refractivity (Wildman–Crippen MR) is 101 cm³/mol. The van der Waals surface area contributed by atoms with Crippen LogP contribution in [0, 0.1) is 5.41 Å². The fourth-order valence-electron chi connectivity index (χ4n) is 2.65. The molecule has 136 valence electrons. The quantitative estimate of drug-likeness (QED) is 0.400. The molecule has 0 saturated heterocycles. The van der Waals surface area contributed by atoms with Crippen LogP contribution in [-0.2, 0) is 20.9 Å². The van der Waals surface area contributed by atoms with E-state index in [1.54, 1.807) is 6.08 Å². The van der Waals surface area contributed by atoms with E-state index in [0.717, 1.165) is 24.1 Å². The molecule has 1 saturated carbocycles. The summed E-state index contributed by atoms with van der Waals surface area (Å²) in [6.07, 6.45) is 7.46. The van der Waals surface area contributed by atoms with Gasteiger partial charge in [0.25, 0.3) is 0 Å². The number of ether oxygens (including phenoxy) is 1. The fourth-order valence-corrected chi connectivity index (χ4v) is 3.39. The number of nitrogens with zero attached hydrogens (tertiary/aromatic N) is 1. The smallest absolute Gasteiger partial charge is 0.318 e. The van der Waals surface area contributed by atoms with Gasteiger partial charge in [-0.15, -0.1) is 0 Å². The van der Waals surface area contributed by atoms with Crippen LogP contribution in [0.2, 0.25) is 0 Å². The van der Waals surface area contributed by atoms with Gasteiger partial charge in [0.2, 0.25) is 0 Å². The van der Waals surface area contributed by atoms with E-state index < -0.39 is 21.5 Å². The minimum Gasteiger partial charge on any atom is -0.591 e. The lowest BCUT2D eigenvalue weighted by Gasteiger charge is -2.35. The van der Waals surface area contributed by atoms with Crippen molar-refractivity contribution in [2.75, 3.05) is 6.61 Å². The van der Waals surface area contributed by atoms with E-state index in [2.05, 4.69) is 17.1 Å². The molecule has 1 aliphatic rings. The average molecular weight is 354 g/mol. The maximum absolute atomic E-state index is 12.9. The Labute approximate surface area is 149 Å². The molecule has 1 unspecified atom stereocenters. The Kier molecular flexibility index (Phi) is 7.74. The summed E-state index contributed by atoms with van der Waals surface area (Å²) in [4.78, 5) is 12.9. The van der Waals surface area contributed by atoms with Gasteiger partial charge in [-0.3, -0.25) is 4.79 Å². The SMILES string of the molecule is C=CCOC(=O)[C@]1(CC=C(C)C)CCCC/C1=N\[S+]([O-])C(C)(C)C. The second kappa shape index (κ2) is 8.86. The largest absolute Gasteiger partial charge is 0.591 e. The predicted octanol–water partition coefficient (Wildman–Crippen LogP) is 4.54. The van der Waals surface area contributed by atoms with E-state index in [9.17, 15) is 9.35 Å². The number of hydrogen-bond acceptors (Lipinski definition) is 4. The second-order valence-corrected chi connectivity index (χ2v) is 9.47. The van der Waals surface area contributed by atoms with Crippen LogP contribution in [0.3, 0.4) is 0 Å². The summed E-state index contributed by atoms with van der Waals surface area (Å²) in [6.45, 7) is 13.5. The number of carbonyl (C=O) groups is 1. The van der Waals surface area contributed by atoms with Crippen LogP contribution in [0.5, 0.6) is 0 Å². The molecule has 0 radical (unpaired) electrons. The number of carbonyl (C=O) groups excluding carboxylic acids is 1. The van der Waals surface area contributed by atoms with Crippen molar-refractivity contribution in [2.24, 2.45) is 9.81 Å². The Balaban J connectivity index is 3.27. The molecule has 0 aromatic carbocycles. The number of allylic oxidation sites excluding steroid dienone is 2. The Morgan fingerprint density at radius 3 is 2.62 bits per heavy atom. The van der Waals surface area contributed by atoms with Crippen molar-refractivity contribution < 1.29 is 14.1 Å². The van der Waals surface area contributed by atoms with Gasteiger partial charge < -0.3 is 9.29 Å². The molecule has 0 aliphatic heterocycles. The molecule has 5 heteroatoms. The zero-order valence-electron chi connectivity index (χ0n) is 15.7. The summed E-state index contributed by atoms with van der Waals surface area (Å²) < 4.78 is 22.0. The standard InChI is InChI=1S/C19H31NO3S/c1-7-14-23-17(21)19(13-11-15(2)3)12-9-8-10-16(19)20-24(22)18(4,5)6/h7,11H,1,8-10,12-14H2,2-6H3/b20-16+/t19-,24?/m0/s1. The van der Waals surface area contributed by atoms with E-state index in [4.69, 9.17) is 4.74 Å². The Bertz CT molecular complexity index is 515. The highest BCUT2D eigenvalue weighted by Crippen LogP contribution is 2.40. The molecule has 24 heavy (non-hydrogen) atoms. The third kappa shape index (κ3) is 5.49. The summed E-state index contributed by atoms with van der Waals surface area (Å²) in [5.41, 5.74) is 1.08. The molecule has 0 amide bonds. The van der Waals surface area contributed by atoms with Gasteiger partial charge in [-0.1, -0.05) is 35.1 Å². The zero-order chi connectivity index (χ0) is 18.4. The molecule has 0 aromatic heterocycles. The fraction of sp³-hybridized carbons (Fsp3) is 0.684. The molecular weight excluding hydrogens is 322 g/mol. The van der Waals surface area contributed by atoms with E-state index in [-0.39, 0.29) is 12.6 Å². The van der Waals surface area contributed by atoms with Gasteiger partial charge in [0.05, 0.1) is 5.71 Å². The summed E-state index contributed by atoms with van der Waals surface area (Å²) in [5.74, 6) is -0.274. The van der Waals surface area contributed by atoms with Gasteiger partial charge in [-0.2, -0.15) is 0 Å². The van der Waals surface area contributed by atoms with E-state index >= 15 is 0 Å². The van der Waals surface area contributed by atoms with E-state index in [0.29, 0.717) is 19.3 Å². The van der Waals surface area contributed by atoms with Gasteiger partial charge in [-0.25, -0.2) is 0 Å². The lowest BCUT2D eigenvalue weighted by Crippen LogP contribution is -2.44. The molecule has 1 aliphatic carbocycles. The minimum absolute atomic E-state index is 0.186. The first-order valence-electron chi connectivity index (χ1n) is 8.55. The monoisotopic (exact) mass is 353 g/mol. The maximum atomic E-state index is 12.9. The van der Waals surface area contributed by atoms with Crippen molar-refractivity contribution in [3.8, 4) is 0 Å². The van der Waals surface area contributed by atoms with Crippen LogP contribution >= 0.6 is 0 Å². The molecule has 0 spiro atoms. The highest BCUT2D eigenvalue weighted by atomic mass is 32.2. The van der Waals surface area contributed by atoms with Crippen LogP contribution in [0.25, 0.3) is 0 Å². The second-order valence-electron chi connectivity index (χ2n) is 7.56. The van der Waals surface area contributed by atoms with E-state index in [1.165, 1.54) is 0 Å². The van der Waals surface area contributed by atoms with Crippen LogP contribution in [0.15, 0.2) is 28.7 Å². The summed E-state index contributed by atoms with van der Waals surface area (Å²) in [7, 11) is 0. The molecule has 1 fully saturated rings. The van der Waals surface area contributed by atoms with Crippen LogP contribution < -0.4 is 0 Å². The van der Waals surface area contributed by atoms with Crippen molar-refractivity contribution in [1.82, 2.24) is 0 Å². The van der Waals surface area contributed by atoms with Crippen molar-refractivity contribution in [3.05, 3.63) is 24.3 Å². The zero-order valence-corrected chi connectivity index (χ0v) is 16.5. The molecule has 1 rings (SSSR count). The molecule has 0 bridgehead atoms. The van der Waals surface area contributed by atoms with Crippen molar-refractivity contribution in [3.63, 3.8) is 0 Å². The molecule has 2 atom stereocenters. The number of esters is 1. The maximum Gasteiger partial charge on any atom is 0.318 e. The van der Waals surface area contributed by atoms with Crippen LogP contribution in [-0.4, -0.2) is 27.6 Å². The van der Waals surface area contributed by atoms with Crippen LogP contribution in [0.1, 0.15) is 66.7 Å². The average Bonchev–Trinajstić information content (AvgIpc) is 2.50. The van der Waals surface area contributed by atoms with Gasteiger partial charge >= 0.3 is 5.97 Å². The van der Waals surface area contributed by atoms with Gasteiger partial charge in [-0.05, 0) is 60.3 Å². The lowest BCUT2D eigenvalue weighted by atomic mass is 9.70. The first-order valence-corrected chi connectivity index (χ1v) is 9.65. The Morgan fingerprint density at radius 1 is 1.42 bits per heavy atom. The Morgan fingerprint density at radius 2 is 2.08 bits per heavy atom. The first-order chi connectivity index (χ1) is 11.1. The molecule has 0 aromatic rings. The van der Waals surface area contributed by atoms with E-state index in [1.807, 2.05) is 34.6 Å². The highest BCUT2D eigenvalue weighted by molar-refractivity contribution is 7.91. The Hall–Kier alpha value is -1.07.